The second kappa shape index (κ2) is 5.44. The molecule has 0 spiro atoms. The van der Waals surface area contributed by atoms with Crippen LogP contribution >= 0.6 is 0 Å². The lowest BCUT2D eigenvalue weighted by atomic mass is 10.1. The third-order valence-electron chi connectivity index (χ3n) is 4.09. The maximum atomic E-state index is 12.4. The largest absolute Gasteiger partial charge is 0.348 e. The van der Waals surface area contributed by atoms with Gasteiger partial charge in [-0.25, -0.2) is 8.42 Å². The normalized spacial score (nSPS) is 24.1. The summed E-state index contributed by atoms with van der Waals surface area (Å²) in [6.45, 7) is 2.90. The molecule has 6 nitrogen and oxygen atoms in total. The maximum absolute atomic E-state index is 12.4. The van der Waals surface area contributed by atoms with E-state index in [1.165, 1.54) is 0 Å². The summed E-state index contributed by atoms with van der Waals surface area (Å²) in [7, 11) is -2.98. The average molecular weight is 311 g/mol. The summed E-state index contributed by atoms with van der Waals surface area (Å²) in [5, 5.41) is 7.19. The summed E-state index contributed by atoms with van der Waals surface area (Å²) in [6, 6.07) is -0.260. The molecule has 21 heavy (non-hydrogen) atoms. The fourth-order valence-electron chi connectivity index (χ4n) is 2.92. The SMILES string of the molecule is CCCn1ncc(C(=O)NC2CCS(=O)(=O)C2)c1C1CC1. The Bertz CT molecular complexity index is 646. The van der Waals surface area contributed by atoms with Crippen LogP contribution in [-0.4, -0.2) is 41.7 Å². The lowest BCUT2D eigenvalue weighted by Crippen LogP contribution is -2.36. The molecular weight excluding hydrogens is 290 g/mol. The highest BCUT2D eigenvalue weighted by Gasteiger charge is 2.34. The van der Waals surface area contributed by atoms with Crippen LogP contribution < -0.4 is 5.32 Å². The molecule has 116 valence electrons. The third kappa shape index (κ3) is 3.12. The van der Waals surface area contributed by atoms with Gasteiger partial charge in [-0.1, -0.05) is 6.92 Å². The van der Waals surface area contributed by atoms with Crippen molar-refractivity contribution in [1.29, 1.82) is 0 Å². The summed E-state index contributed by atoms with van der Waals surface area (Å²) >= 11 is 0. The van der Waals surface area contributed by atoms with Crippen molar-refractivity contribution >= 4 is 15.7 Å². The van der Waals surface area contributed by atoms with E-state index in [9.17, 15) is 13.2 Å². The van der Waals surface area contributed by atoms with Gasteiger partial charge in [-0.3, -0.25) is 9.48 Å². The van der Waals surface area contributed by atoms with Crippen molar-refractivity contribution in [1.82, 2.24) is 15.1 Å². The van der Waals surface area contributed by atoms with E-state index in [2.05, 4.69) is 17.3 Å². The van der Waals surface area contributed by atoms with Gasteiger partial charge in [-0.05, 0) is 25.7 Å². The minimum Gasteiger partial charge on any atom is -0.348 e. The number of carbonyl (C=O) groups excluding carboxylic acids is 1. The van der Waals surface area contributed by atoms with Gasteiger partial charge in [-0.15, -0.1) is 0 Å². The molecule has 1 amide bonds. The van der Waals surface area contributed by atoms with Gasteiger partial charge in [0.15, 0.2) is 9.84 Å². The van der Waals surface area contributed by atoms with Crippen molar-refractivity contribution < 1.29 is 13.2 Å². The summed E-state index contributed by atoms with van der Waals surface area (Å²) in [6.07, 6.45) is 5.32. The van der Waals surface area contributed by atoms with E-state index >= 15 is 0 Å². The minimum absolute atomic E-state index is 0.0561. The van der Waals surface area contributed by atoms with Gasteiger partial charge < -0.3 is 5.32 Å². The molecular formula is C14H21N3O3S. The van der Waals surface area contributed by atoms with Gasteiger partial charge in [0.2, 0.25) is 0 Å². The number of rotatable bonds is 5. The van der Waals surface area contributed by atoms with E-state index in [0.717, 1.165) is 31.5 Å². The maximum Gasteiger partial charge on any atom is 0.255 e. The molecule has 1 saturated carbocycles. The highest BCUT2D eigenvalue weighted by molar-refractivity contribution is 7.91. The van der Waals surface area contributed by atoms with Crippen LogP contribution in [-0.2, 0) is 16.4 Å². The number of carbonyl (C=O) groups is 1. The quantitative estimate of drug-likeness (QED) is 0.882. The predicted octanol–water partition coefficient (Wildman–Crippen LogP) is 1.09. The Morgan fingerprint density at radius 2 is 2.19 bits per heavy atom. The number of nitrogens with one attached hydrogen (secondary N) is 1. The molecule has 1 aliphatic heterocycles. The van der Waals surface area contributed by atoms with Crippen molar-refractivity contribution in [2.75, 3.05) is 11.5 Å². The molecule has 1 N–H and O–H groups in total. The Hall–Kier alpha value is -1.37. The molecule has 1 unspecified atom stereocenters. The first-order valence-corrected chi connectivity index (χ1v) is 9.39. The number of amides is 1. The second-order valence-electron chi connectivity index (χ2n) is 6.01. The lowest BCUT2D eigenvalue weighted by Gasteiger charge is -2.12. The van der Waals surface area contributed by atoms with Crippen LogP contribution in [0.15, 0.2) is 6.20 Å². The molecule has 1 aromatic rings. The molecule has 1 aromatic heterocycles. The molecule has 7 heteroatoms. The number of aryl methyl sites for hydroxylation is 1. The Labute approximate surface area is 124 Å². The zero-order chi connectivity index (χ0) is 15.0. The molecule has 0 radical (unpaired) electrons. The van der Waals surface area contributed by atoms with Crippen LogP contribution in [0.3, 0.4) is 0 Å². The van der Waals surface area contributed by atoms with Gasteiger partial charge in [0, 0.05) is 18.5 Å². The first-order chi connectivity index (χ1) is 10.00. The molecule has 0 bridgehead atoms. The fourth-order valence-corrected chi connectivity index (χ4v) is 4.59. The molecule has 1 atom stereocenters. The Morgan fingerprint density at radius 3 is 2.76 bits per heavy atom. The van der Waals surface area contributed by atoms with Crippen LogP contribution in [0.5, 0.6) is 0 Å². The van der Waals surface area contributed by atoms with E-state index in [0.29, 0.717) is 17.9 Å². The first-order valence-electron chi connectivity index (χ1n) is 7.57. The van der Waals surface area contributed by atoms with Crippen molar-refractivity contribution in [2.45, 2.75) is 51.1 Å². The van der Waals surface area contributed by atoms with Crippen LogP contribution in [0, 0.1) is 0 Å². The first kappa shape index (κ1) is 14.6. The second-order valence-corrected chi connectivity index (χ2v) is 8.24. The van der Waals surface area contributed by atoms with Crippen molar-refractivity contribution in [3.05, 3.63) is 17.5 Å². The smallest absolute Gasteiger partial charge is 0.255 e. The van der Waals surface area contributed by atoms with E-state index in [-0.39, 0.29) is 23.5 Å². The summed E-state index contributed by atoms with van der Waals surface area (Å²) in [4.78, 5) is 12.4. The minimum atomic E-state index is -2.98. The van der Waals surface area contributed by atoms with Gasteiger partial charge in [-0.2, -0.15) is 5.10 Å². The number of hydrogen-bond acceptors (Lipinski definition) is 4. The lowest BCUT2D eigenvalue weighted by molar-refractivity contribution is 0.0940. The average Bonchev–Trinajstić information content (AvgIpc) is 3.08. The Morgan fingerprint density at radius 1 is 1.43 bits per heavy atom. The Balaban J connectivity index is 1.75. The predicted molar refractivity (Wildman–Crippen MR) is 79.0 cm³/mol. The highest BCUT2D eigenvalue weighted by Crippen LogP contribution is 2.41. The zero-order valence-corrected chi connectivity index (χ0v) is 13.0. The van der Waals surface area contributed by atoms with E-state index in [1.807, 2.05) is 4.68 Å². The van der Waals surface area contributed by atoms with Gasteiger partial charge in [0.1, 0.15) is 0 Å². The summed E-state index contributed by atoms with van der Waals surface area (Å²) < 4.78 is 24.9. The molecule has 3 rings (SSSR count). The van der Waals surface area contributed by atoms with Gasteiger partial charge >= 0.3 is 0 Å². The third-order valence-corrected chi connectivity index (χ3v) is 5.86. The fraction of sp³-hybridized carbons (Fsp3) is 0.714. The van der Waals surface area contributed by atoms with Crippen molar-refractivity contribution in [3.63, 3.8) is 0 Å². The molecule has 2 aliphatic rings. The van der Waals surface area contributed by atoms with Crippen molar-refractivity contribution in [3.8, 4) is 0 Å². The number of sulfone groups is 1. The molecule has 2 heterocycles. The highest BCUT2D eigenvalue weighted by atomic mass is 32.2. The molecule has 0 aromatic carbocycles. The van der Waals surface area contributed by atoms with Crippen molar-refractivity contribution in [2.24, 2.45) is 0 Å². The van der Waals surface area contributed by atoms with Crippen LogP contribution in [0.2, 0.25) is 0 Å². The number of hydrogen-bond donors (Lipinski definition) is 1. The topological polar surface area (TPSA) is 81.1 Å². The molecule has 1 aliphatic carbocycles. The summed E-state index contributed by atoms with van der Waals surface area (Å²) in [5.74, 6) is 0.483. The van der Waals surface area contributed by atoms with Crippen LogP contribution in [0.1, 0.15) is 54.6 Å². The van der Waals surface area contributed by atoms with Crippen LogP contribution in [0.25, 0.3) is 0 Å². The monoisotopic (exact) mass is 311 g/mol. The summed E-state index contributed by atoms with van der Waals surface area (Å²) in [5.41, 5.74) is 1.64. The van der Waals surface area contributed by atoms with Crippen LogP contribution in [0.4, 0.5) is 0 Å². The number of aromatic nitrogens is 2. The van der Waals surface area contributed by atoms with Gasteiger partial charge in [0.05, 0.1) is 29.0 Å². The standard InChI is InChI=1S/C14H21N3O3S/c1-2-6-17-13(10-3-4-10)12(8-15-17)14(18)16-11-5-7-21(19,20)9-11/h8,10-11H,2-7,9H2,1H3,(H,16,18). The molecule has 1 saturated heterocycles. The van der Waals surface area contributed by atoms with E-state index < -0.39 is 9.84 Å². The van der Waals surface area contributed by atoms with Gasteiger partial charge in [0.25, 0.3) is 5.91 Å². The zero-order valence-electron chi connectivity index (χ0n) is 12.2. The van der Waals surface area contributed by atoms with E-state index in [1.54, 1.807) is 6.20 Å². The molecule has 2 fully saturated rings. The Kier molecular flexibility index (Phi) is 3.77. The van der Waals surface area contributed by atoms with E-state index in [4.69, 9.17) is 0 Å². The number of nitrogens with zero attached hydrogens (tertiary/aromatic N) is 2.